The summed E-state index contributed by atoms with van der Waals surface area (Å²) in [5, 5.41) is 0. The van der Waals surface area contributed by atoms with Crippen LogP contribution in [0, 0.1) is 49.4 Å². The van der Waals surface area contributed by atoms with Crippen molar-refractivity contribution in [2.24, 2.45) is 0 Å². The first kappa shape index (κ1) is 27.8. The molecule has 0 radical (unpaired) electrons. The topological polar surface area (TPSA) is 36.9 Å². The summed E-state index contributed by atoms with van der Waals surface area (Å²) in [6, 6.07) is 23.8. The molecule has 0 saturated carbocycles. The van der Waals surface area contributed by atoms with Crippen molar-refractivity contribution >= 4 is 0 Å². The van der Waals surface area contributed by atoms with E-state index in [0.29, 0.717) is 22.3 Å². The molecule has 4 heteroatoms. The Morgan fingerprint density at radius 3 is 0.750 bits per heavy atom. The first-order chi connectivity index (χ1) is 21.4. The average Bonchev–Trinajstić information content (AvgIpc) is 3.08. The van der Waals surface area contributed by atoms with E-state index in [0.717, 1.165) is 44.5 Å². The van der Waals surface area contributed by atoms with Crippen LogP contribution in [0.15, 0.2) is 72.8 Å². The molecule has 212 valence electrons. The first-order valence-corrected chi connectivity index (χ1v) is 14.1. The number of hydrogen-bond acceptors (Lipinski definition) is 4. The maximum Gasteiger partial charge on any atom is 0.156 e. The van der Waals surface area contributed by atoms with Gasteiger partial charge < -0.3 is 18.9 Å². The second-order valence-corrected chi connectivity index (χ2v) is 11.1. The van der Waals surface area contributed by atoms with Gasteiger partial charge >= 0.3 is 0 Å². The third-order valence-electron chi connectivity index (χ3n) is 10.0. The zero-order chi connectivity index (χ0) is 31.1. The minimum atomic E-state index is -1.32. The molecule has 0 N–H and O–H groups in total. The summed E-state index contributed by atoms with van der Waals surface area (Å²) < 4.78 is 27.7. The summed E-state index contributed by atoms with van der Waals surface area (Å²) >= 11 is 0. The molecule has 4 aromatic carbocycles. The van der Waals surface area contributed by atoms with Crippen LogP contribution in [-0.2, 0) is 41.4 Å². The van der Waals surface area contributed by atoms with Crippen LogP contribution in [0.1, 0.15) is 66.8 Å². The van der Waals surface area contributed by atoms with E-state index in [1.165, 1.54) is 0 Å². The van der Waals surface area contributed by atoms with Crippen molar-refractivity contribution in [1.82, 2.24) is 0 Å². The summed E-state index contributed by atoms with van der Waals surface area (Å²) in [7, 11) is 6.75. The highest BCUT2D eigenvalue weighted by Crippen LogP contribution is 2.73. The van der Waals surface area contributed by atoms with Gasteiger partial charge in [0, 0.05) is 50.7 Å². The van der Waals surface area contributed by atoms with Crippen molar-refractivity contribution in [2.45, 2.75) is 22.4 Å². The van der Waals surface area contributed by atoms with Gasteiger partial charge in [-0.15, -0.1) is 25.7 Å². The number of methoxy groups -OCH3 is 4. The smallest absolute Gasteiger partial charge is 0.156 e. The summed E-state index contributed by atoms with van der Waals surface area (Å²) in [4.78, 5) is 0. The number of ether oxygens (including phenoxy) is 4. The Kier molecular flexibility index (Phi) is 5.83. The molecule has 0 saturated heterocycles. The maximum atomic E-state index is 6.92. The summed E-state index contributed by atoms with van der Waals surface area (Å²) in [6.07, 6.45) is 24.3. The molecule has 6 aliphatic rings. The normalized spacial score (nSPS) is 26.4. The first-order valence-electron chi connectivity index (χ1n) is 14.1. The number of rotatable bonds is 4. The Morgan fingerprint density at radius 1 is 0.386 bits per heavy atom. The largest absolute Gasteiger partial charge is 0.365 e. The van der Waals surface area contributed by atoms with Gasteiger partial charge in [-0.05, 0) is 68.8 Å². The molecule has 0 spiro atoms. The molecule has 4 atom stereocenters. The Balaban J connectivity index is 1.91. The minimum absolute atomic E-state index is 0.548. The summed E-state index contributed by atoms with van der Waals surface area (Å²) in [5.74, 6) is 11.2. The Labute approximate surface area is 258 Å². The molecule has 6 aliphatic carbocycles. The van der Waals surface area contributed by atoms with Crippen molar-refractivity contribution < 1.29 is 18.9 Å². The van der Waals surface area contributed by atoms with Gasteiger partial charge in [-0.25, -0.2) is 0 Å². The zero-order valence-corrected chi connectivity index (χ0v) is 24.9. The summed E-state index contributed by atoms with van der Waals surface area (Å²) in [6.45, 7) is 0. The number of benzene rings is 4. The fourth-order valence-electron chi connectivity index (χ4n) is 8.59. The van der Waals surface area contributed by atoms with Crippen LogP contribution < -0.4 is 0 Å². The lowest BCUT2D eigenvalue weighted by atomic mass is 9.45. The van der Waals surface area contributed by atoms with Crippen LogP contribution in [0.25, 0.3) is 0 Å². The van der Waals surface area contributed by atoms with E-state index >= 15 is 0 Å². The van der Waals surface area contributed by atoms with Crippen LogP contribution in [0.5, 0.6) is 0 Å². The molecular formula is C40H28O4. The molecule has 0 heterocycles. The van der Waals surface area contributed by atoms with E-state index < -0.39 is 22.4 Å². The second kappa shape index (κ2) is 9.23. The number of hydrogen-bond donors (Lipinski definition) is 0. The molecule has 0 aliphatic heterocycles. The lowest BCUT2D eigenvalue weighted by Crippen LogP contribution is -2.69. The average molecular weight is 573 g/mol. The van der Waals surface area contributed by atoms with Crippen LogP contribution >= 0.6 is 0 Å². The SMILES string of the molecule is C#Cc1cc2c(cc1C#C)[C@@]1(OC)c3ccccc3[C@]2(OC)[C@]2(OC)c3ccccc3[C@@]1(OC)c1cc(C#C)c(C#C)cc12. The van der Waals surface area contributed by atoms with Crippen LogP contribution in [0.3, 0.4) is 0 Å². The molecule has 4 bridgehead atoms. The second-order valence-electron chi connectivity index (χ2n) is 11.1. The van der Waals surface area contributed by atoms with Crippen LogP contribution in [0.2, 0.25) is 0 Å². The Morgan fingerprint density at radius 2 is 0.591 bits per heavy atom. The Bertz CT molecular complexity index is 1800. The molecule has 0 aromatic heterocycles. The van der Waals surface area contributed by atoms with Crippen LogP contribution in [-0.4, -0.2) is 28.4 Å². The standard InChI is InChI=1S/C40H28O4/c1-9-25-21-33-34(22-26(25)10-2)38(42-6)30-18-14-13-17-29(30)37(33,41-5)39(43-7)31-19-15-16-20-32(31)40(38,44-8)36-24-28(12-4)27(11-3)23-35(36)39/h1-4,13-24H,5-8H3/t37-,38+,39+,40-. The van der Waals surface area contributed by atoms with Gasteiger partial charge in [-0.3, -0.25) is 0 Å². The van der Waals surface area contributed by atoms with E-state index in [-0.39, 0.29) is 0 Å². The number of terminal acetylenes is 4. The van der Waals surface area contributed by atoms with E-state index in [9.17, 15) is 0 Å². The zero-order valence-electron chi connectivity index (χ0n) is 24.9. The quantitative estimate of drug-likeness (QED) is 0.302. The van der Waals surface area contributed by atoms with Gasteiger partial charge in [0.05, 0.1) is 0 Å². The fourth-order valence-corrected chi connectivity index (χ4v) is 8.59. The summed E-state index contributed by atoms with van der Waals surface area (Å²) in [5.41, 5.74) is 3.26. The predicted octanol–water partition coefficient (Wildman–Crippen LogP) is 5.51. The van der Waals surface area contributed by atoms with E-state index in [4.69, 9.17) is 44.6 Å². The van der Waals surface area contributed by atoms with Crippen molar-refractivity contribution in [3.8, 4) is 49.4 Å². The predicted molar refractivity (Wildman–Crippen MR) is 169 cm³/mol. The van der Waals surface area contributed by atoms with E-state index in [1.807, 2.05) is 72.8 Å². The molecular weight excluding hydrogens is 544 g/mol. The lowest BCUT2D eigenvalue weighted by molar-refractivity contribution is -0.208. The van der Waals surface area contributed by atoms with Gasteiger partial charge in [0.15, 0.2) is 22.4 Å². The van der Waals surface area contributed by atoms with Crippen molar-refractivity contribution in [1.29, 1.82) is 0 Å². The highest BCUT2D eigenvalue weighted by Gasteiger charge is 2.76. The van der Waals surface area contributed by atoms with Gasteiger partial charge in [0.25, 0.3) is 0 Å². The van der Waals surface area contributed by atoms with Gasteiger partial charge in [-0.1, -0.05) is 72.2 Å². The lowest BCUT2D eigenvalue weighted by Gasteiger charge is -2.66. The molecule has 0 unspecified atom stereocenters. The third-order valence-corrected chi connectivity index (χ3v) is 10.0. The molecule has 4 nitrogen and oxygen atoms in total. The molecule has 44 heavy (non-hydrogen) atoms. The highest BCUT2D eigenvalue weighted by molar-refractivity contribution is 5.77. The van der Waals surface area contributed by atoms with Gasteiger partial charge in [-0.2, -0.15) is 0 Å². The molecule has 4 aromatic rings. The fraction of sp³-hybridized carbons (Fsp3) is 0.200. The van der Waals surface area contributed by atoms with Crippen molar-refractivity contribution in [2.75, 3.05) is 28.4 Å². The molecule has 0 amide bonds. The van der Waals surface area contributed by atoms with Crippen LogP contribution in [0.4, 0.5) is 0 Å². The van der Waals surface area contributed by atoms with E-state index in [2.05, 4.69) is 23.7 Å². The maximum absolute atomic E-state index is 6.92. The molecule has 10 rings (SSSR count). The van der Waals surface area contributed by atoms with E-state index in [1.54, 1.807) is 28.4 Å². The Hall–Kier alpha value is -5.04. The minimum Gasteiger partial charge on any atom is -0.365 e. The monoisotopic (exact) mass is 572 g/mol. The molecule has 0 fully saturated rings. The highest BCUT2D eigenvalue weighted by atomic mass is 16.6. The van der Waals surface area contributed by atoms with Gasteiger partial charge in [0.2, 0.25) is 0 Å². The third kappa shape index (κ3) is 2.62. The van der Waals surface area contributed by atoms with Crippen molar-refractivity contribution in [3.05, 3.63) is 140 Å². The van der Waals surface area contributed by atoms with Gasteiger partial charge in [0.1, 0.15) is 0 Å². The van der Waals surface area contributed by atoms with Crippen molar-refractivity contribution in [3.63, 3.8) is 0 Å².